The molecule has 0 spiro atoms. The van der Waals surface area contributed by atoms with Gasteiger partial charge >= 0.3 is 0 Å². The molecule has 0 radical (unpaired) electrons. The Morgan fingerprint density at radius 3 is 1.69 bits per heavy atom. The number of rotatable bonds is 7. The van der Waals surface area contributed by atoms with Crippen LogP contribution in [0.1, 0.15) is 0 Å². The van der Waals surface area contributed by atoms with Gasteiger partial charge in [-0.2, -0.15) is 0 Å². The van der Waals surface area contributed by atoms with E-state index in [4.69, 9.17) is 0 Å². The summed E-state index contributed by atoms with van der Waals surface area (Å²) in [5.41, 5.74) is 13.1. The first-order chi connectivity index (χ1) is 26.8. The summed E-state index contributed by atoms with van der Waals surface area (Å²) in [7, 11) is 0. The topological polar surface area (TPSA) is 3.24 Å². The highest BCUT2D eigenvalue weighted by molar-refractivity contribution is 7.26. The van der Waals surface area contributed by atoms with Gasteiger partial charge in [-0.25, -0.2) is 0 Å². The van der Waals surface area contributed by atoms with Crippen LogP contribution in [-0.4, -0.2) is 0 Å². The molecule has 0 fully saturated rings. The van der Waals surface area contributed by atoms with Crippen molar-refractivity contribution in [3.63, 3.8) is 0 Å². The Morgan fingerprint density at radius 2 is 0.907 bits per heavy atom. The van der Waals surface area contributed by atoms with Crippen LogP contribution in [0.5, 0.6) is 0 Å². The van der Waals surface area contributed by atoms with E-state index >= 15 is 0 Å². The fourth-order valence-corrected chi connectivity index (χ4v) is 9.07. The zero-order valence-electron chi connectivity index (χ0n) is 29.6. The van der Waals surface area contributed by atoms with E-state index in [0.29, 0.717) is 0 Å². The summed E-state index contributed by atoms with van der Waals surface area (Å²) in [4.78, 5) is 2.43. The Labute approximate surface area is 319 Å². The van der Waals surface area contributed by atoms with E-state index < -0.39 is 0 Å². The van der Waals surface area contributed by atoms with E-state index in [1.165, 1.54) is 81.1 Å². The fourth-order valence-electron chi connectivity index (χ4n) is 7.86. The van der Waals surface area contributed by atoms with E-state index in [9.17, 15) is 0 Å². The van der Waals surface area contributed by atoms with Crippen LogP contribution in [0.2, 0.25) is 0 Å². The molecule has 1 aromatic heterocycles. The number of thiophene rings is 1. The molecule has 254 valence electrons. The molecule has 10 aromatic rings. The number of fused-ring (bicyclic) bond motifs is 4. The molecule has 0 aliphatic rings. The van der Waals surface area contributed by atoms with Crippen LogP contribution in [0.4, 0.5) is 17.1 Å². The van der Waals surface area contributed by atoms with Crippen LogP contribution in [0, 0.1) is 0 Å². The minimum absolute atomic E-state index is 1.11. The SMILES string of the molecule is c1ccc(-c2ccc(-c3cccc(N(c4ccc(-c5ccc6ccccc6c5-c5ccccc5)cc4)c4cccc5c4sc4ccccc45)c3)cc2)cc1. The maximum absolute atomic E-state index is 2.43. The first-order valence-corrected chi connectivity index (χ1v) is 19.2. The number of nitrogens with zero attached hydrogens (tertiary/aromatic N) is 1. The Hall–Kier alpha value is -6.74. The molecule has 0 aliphatic carbocycles. The molecule has 0 atom stereocenters. The second kappa shape index (κ2) is 13.7. The van der Waals surface area contributed by atoms with E-state index in [2.05, 4.69) is 217 Å². The van der Waals surface area contributed by atoms with Gasteiger partial charge in [0.1, 0.15) is 0 Å². The second-order valence-electron chi connectivity index (χ2n) is 13.7. The van der Waals surface area contributed by atoms with Gasteiger partial charge in [0.15, 0.2) is 0 Å². The monoisotopic (exact) mass is 705 g/mol. The molecule has 0 saturated carbocycles. The average Bonchev–Trinajstić information content (AvgIpc) is 3.64. The summed E-state index contributed by atoms with van der Waals surface area (Å²) in [6.45, 7) is 0. The van der Waals surface area contributed by atoms with Gasteiger partial charge in [-0.05, 0) is 91.7 Å². The predicted octanol–water partition coefficient (Wildman–Crippen LogP) is 15.3. The van der Waals surface area contributed by atoms with Crippen molar-refractivity contribution in [2.24, 2.45) is 0 Å². The van der Waals surface area contributed by atoms with Gasteiger partial charge in [0.05, 0.1) is 10.4 Å². The van der Waals surface area contributed by atoms with Crippen molar-refractivity contribution in [1.82, 2.24) is 0 Å². The number of anilines is 3. The van der Waals surface area contributed by atoms with Crippen LogP contribution in [-0.2, 0) is 0 Å². The van der Waals surface area contributed by atoms with Crippen LogP contribution < -0.4 is 4.90 Å². The molecule has 2 heteroatoms. The fraction of sp³-hybridized carbons (Fsp3) is 0. The molecule has 0 bridgehead atoms. The van der Waals surface area contributed by atoms with Gasteiger partial charge in [-0.15, -0.1) is 11.3 Å². The zero-order valence-corrected chi connectivity index (χ0v) is 30.4. The van der Waals surface area contributed by atoms with E-state index in [1.807, 2.05) is 11.3 Å². The molecule has 1 heterocycles. The largest absolute Gasteiger partial charge is 0.309 e. The Balaban J connectivity index is 1.11. The van der Waals surface area contributed by atoms with Gasteiger partial charge in [0.2, 0.25) is 0 Å². The predicted molar refractivity (Wildman–Crippen MR) is 233 cm³/mol. The van der Waals surface area contributed by atoms with Crippen molar-refractivity contribution < 1.29 is 0 Å². The van der Waals surface area contributed by atoms with Crippen LogP contribution in [0.15, 0.2) is 212 Å². The Kier molecular flexibility index (Phi) is 8.09. The van der Waals surface area contributed by atoms with Gasteiger partial charge < -0.3 is 4.90 Å². The van der Waals surface area contributed by atoms with Crippen molar-refractivity contribution >= 4 is 59.3 Å². The summed E-state index contributed by atoms with van der Waals surface area (Å²) in [6.07, 6.45) is 0. The van der Waals surface area contributed by atoms with Gasteiger partial charge in [0.25, 0.3) is 0 Å². The minimum atomic E-state index is 1.11. The lowest BCUT2D eigenvalue weighted by molar-refractivity contribution is 1.30. The lowest BCUT2D eigenvalue weighted by atomic mass is 9.90. The first kappa shape index (κ1) is 32.0. The molecular weight excluding hydrogens is 671 g/mol. The summed E-state index contributed by atoms with van der Waals surface area (Å²) in [5.74, 6) is 0. The van der Waals surface area contributed by atoms with Crippen molar-refractivity contribution in [1.29, 1.82) is 0 Å². The standard InChI is InChI=1S/C52H35NS/c1-3-13-36(14-4-1)37-25-27-38(28-26-37)42-18-11-19-44(35-42)53(49-23-12-22-48-47-21-9-10-24-50(47)54-52(48)49)43-32-29-40(30-33-43)46-34-31-39-15-7-8-20-45(39)51(46)41-16-5-2-6-17-41/h1-35H. The third-order valence-corrected chi connectivity index (χ3v) is 11.7. The third kappa shape index (κ3) is 5.74. The summed E-state index contributed by atoms with van der Waals surface area (Å²) in [5, 5.41) is 5.09. The number of benzene rings is 9. The van der Waals surface area contributed by atoms with Crippen molar-refractivity contribution in [3.05, 3.63) is 212 Å². The molecule has 0 N–H and O–H groups in total. The summed E-state index contributed by atoms with van der Waals surface area (Å²) >= 11 is 1.87. The first-order valence-electron chi connectivity index (χ1n) is 18.4. The molecule has 54 heavy (non-hydrogen) atoms. The zero-order chi connectivity index (χ0) is 35.8. The lowest BCUT2D eigenvalue weighted by Crippen LogP contribution is -2.10. The molecule has 1 nitrogen and oxygen atoms in total. The van der Waals surface area contributed by atoms with E-state index in [0.717, 1.165) is 11.4 Å². The minimum Gasteiger partial charge on any atom is -0.309 e. The van der Waals surface area contributed by atoms with Crippen LogP contribution >= 0.6 is 11.3 Å². The molecule has 0 aliphatic heterocycles. The molecule has 0 saturated heterocycles. The normalized spacial score (nSPS) is 11.3. The second-order valence-corrected chi connectivity index (χ2v) is 14.8. The van der Waals surface area contributed by atoms with Gasteiger partial charge in [-0.1, -0.05) is 176 Å². The quantitative estimate of drug-likeness (QED) is 0.160. The third-order valence-electron chi connectivity index (χ3n) is 10.5. The Morgan fingerprint density at radius 1 is 0.333 bits per heavy atom. The van der Waals surface area contributed by atoms with Crippen LogP contribution in [0.25, 0.3) is 75.5 Å². The lowest BCUT2D eigenvalue weighted by Gasteiger charge is -2.27. The summed E-state index contributed by atoms with van der Waals surface area (Å²) < 4.78 is 2.58. The highest BCUT2D eigenvalue weighted by atomic mass is 32.1. The van der Waals surface area contributed by atoms with E-state index in [1.54, 1.807) is 0 Å². The van der Waals surface area contributed by atoms with Crippen LogP contribution in [0.3, 0.4) is 0 Å². The maximum atomic E-state index is 2.43. The Bertz CT molecular complexity index is 2910. The van der Waals surface area contributed by atoms with Crippen molar-refractivity contribution in [2.45, 2.75) is 0 Å². The maximum Gasteiger partial charge on any atom is 0.0640 e. The molecule has 0 unspecified atom stereocenters. The van der Waals surface area contributed by atoms with Crippen molar-refractivity contribution in [2.75, 3.05) is 4.90 Å². The van der Waals surface area contributed by atoms with E-state index in [-0.39, 0.29) is 0 Å². The number of hydrogen-bond donors (Lipinski definition) is 0. The highest BCUT2D eigenvalue weighted by Gasteiger charge is 2.19. The molecular formula is C52H35NS. The average molecular weight is 706 g/mol. The smallest absolute Gasteiger partial charge is 0.0640 e. The van der Waals surface area contributed by atoms with Gasteiger partial charge in [0, 0.05) is 26.8 Å². The molecule has 10 rings (SSSR count). The van der Waals surface area contributed by atoms with Gasteiger partial charge in [-0.3, -0.25) is 0 Å². The molecule has 9 aromatic carbocycles. The number of hydrogen-bond acceptors (Lipinski definition) is 2. The molecule has 0 amide bonds. The summed E-state index contributed by atoms with van der Waals surface area (Å²) in [6, 6.07) is 77.1. The van der Waals surface area contributed by atoms with Crippen molar-refractivity contribution in [3.8, 4) is 44.5 Å². The highest BCUT2D eigenvalue weighted by Crippen LogP contribution is 2.46.